The van der Waals surface area contributed by atoms with Crippen molar-refractivity contribution in [2.24, 2.45) is 0 Å². The smallest absolute Gasteiger partial charge is 0.357 e. The van der Waals surface area contributed by atoms with Gasteiger partial charge in [0.05, 0.1) is 32.6 Å². The predicted octanol–water partition coefficient (Wildman–Crippen LogP) is 4.96. The summed E-state index contributed by atoms with van der Waals surface area (Å²) in [5.74, 6) is -1.33. The maximum atomic E-state index is 12.9. The summed E-state index contributed by atoms with van der Waals surface area (Å²) in [6, 6.07) is 16.8. The maximum Gasteiger partial charge on any atom is 0.357 e. The molecule has 1 heterocycles. The number of methoxy groups -OCH3 is 2. The number of carbonyl (C=O) groups excluding carboxylic acids is 2. The number of hydrogen-bond acceptors (Lipinski definition) is 6. The van der Waals surface area contributed by atoms with E-state index in [0.717, 1.165) is 18.4 Å². The first kappa shape index (κ1) is 22.7. The van der Waals surface area contributed by atoms with Gasteiger partial charge in [-0.2, -0.15) is 5.10 Å². The van der Waals surface area contributed by atoms with Gasteiger partial charge < -0.3 is 14.2 Å². The summed E-state index contributed by atoms with van der Waals surface area (Å²) in [6.07, 6.45) is 5.98. The van der Waals surface area contributed by atoms with Gasteiger partial charge in [0.2, 0.25) is 0 Å². The third-order valence-electron chi connectivity index (χ3n) is 5.95. The largest absolute Gasteiger partial charge is 0.465 e. The fourth-order valence-electron chi connectivity index (χ4n) is 4.26. The third kappa shape index (κ3) is 4.83. The Morgan fingerprint density at radius 3 is 2.27 bits per heavy atom. The van der Waals surface area contributed by atoms with Crippen LogP contribution in [0.25, 0.3) is 16.9 Å². The van der Waals surface area contributed by atoms with Crippen molar-refractivity contribution in [2.45, 2.75) is 44.8 Å². The molecule has 2 aromatic carbocycles. The average Bonchev–Trinajstić information content (AvgIpc) is 3.28. The molecular formula is C26H28N2O5. The molecule has 0 radical (unpaired) electrons. The highest BCUT2D eigenvalue weighted by Gasteiger charge is 2.32. The zero-order valence-electron chi connectivity index (χ0n) is 19.0. The summed E-state index contributed by atoms with van der Waals surface area (Å²) in [7, 11) is 2.56. The van der Waals surface area contributed by atoms with E-state index in [1.54, 1.807) is 0 Å². The van der Waals surface area contributed by atoms with Crippen molar-refractivity contribution in [1.29, 1.82) is 0 Å². The standard InChI is InChI=1S/C26H28N2O5/c1-31-25(29)22-23(27-28(24(22)26(30)32-2)19-12-5-3-6-13-19)21-16-10-9-11-18(21)17-33-20-14-7-4-8-15-20/h3,5-6,9-13,16,20H,4,7-8,14-15,17H2,1-2H3. The van der Waals surface area contributed by atoms with Gasteiger partial charge in [-0.25, -0.2) is 14.3 Å². The van der Waals surface area contributed by atoms with Crippen LogP contribution in [-0.4, -0.2) is 42.0 Å². The minimum absolute atomic E-state index is 0.0218. The first-order chi connectivity index (χ1) is 16.1. The zero-order chi connectivity index (χ0) is 23.2. The van der Waals surface area contributed by atoms with Crippen molar-refractivity contribution in [3.8, 4) is 16.9 Å². The molecule has 1 aliphatic rings. The van der Waals surface area contributed by atoms with E-state index < -0.39 is 11.9 Å². The summed E-state index contributed by atoms with van der Waals surface area (Å²) < 4.78 is 17.7. The number of nitrogens with zero attached hydrogens (tertiary/aromatic N) is 2. The molecule has 0 aliphatic heterocycles. The van der Waals surface area contributed by atoms with E-state index >= 15 is 0 Å². The number of rotatable bonds is 7. The van der Waals surface area contributed by atoms with Crippen LogP contribution >= 0.6 is 0 Å². The molecule has 0 atom stereocenters. The summed E-state index contributed by atoms with van der Waals surface area (Å²) in [5, 5.41) is 4.70. The number of esters is 2. The van der Waals surface area contributed by atoms with Crippen LogP contribution in [0.4, 0.5) is 0 Å². The van der Waals surface area contributed by atoms with Crippen LogP contribution in [-0.2, 0) is 20.8 Å². The minimum atomic E-state index is -0.672. The Balaban J connectivity index is 1.83. The molecule has 1 aliphatic carbocycles. The molecule has 0 bridgehead atoms. The van der Waals surface area contributed by atoms with Gasteiger partial charge >= 0.3 is 11.9 Å². The van der Waals surface area contributed by atoms with Gasteiger partial charge in [0.15, 0.2) is 5.69 Å². The molecule has 7 nitrogen and oxygen atoms in total. The SMILES string of the molecule is COC(=O)c1c(-c2ccccc2COC2CCCCC2)nn(-c2ccccc2)c1C(=O)OC. The Labute approximate surface area is 193 Å². The molecule has 1 fully saturated rings. The Morgan fingerprint density at radius 1 is 0.909 bits per heavy atom. The van der Waals surface area contributed by atoms with Gasteiger partial charge in [-0.1, -0.05) is 61.7 Å². The topological polar surface area (TPSA) is 79.7 Å². The Hall–Kier alpha value is -3.45. The third-order valence-corrected chi connectivity index (χ3v) is 5.95. The Bertz CT molecular complexity index is 1120. The van der Waals surface area contributed by atoms with Crippen LogP contribution in [0.1, 0.15) is 58.5 Å². The van der Waals surface area contributed by atoms with Gasteiger partial charge in [0, 0.05) is 5.56 Å². The van der Waals surface area contributed by atoms with Gasteiger partial charge in [-0.15, -0.1) is 0 Å². The highest BCUT2D eigenvalue weighted by molar-refractivity contribution is 6.07. The highest BCUT2D eigenvalue weighted by atomic mass is 16.5. The van der Waals surface area contributed by atoms with Crippen LogP contribution in [0.15, 0.2) is 54.6 Å². The lowest BCUT2D eigenvalue weighted by Crippen LogP contribution is -2.16. The van der Waals surface area contributed by atoms with E-state index in [1.165, 1.54) is 38.2 Å². The summed E-state index contributed by atoms with van der Waals surface area (Å²) in [5.41, 5.74) is 2.68. The summed E-state index contributed by atoms with van der Waals surface area (Å²) >= 11 is 0. The van der Waals surface area contributed by atoms with E-state index in [0.29, 0.717) is 23.6 Å². The molecule has 0 spiro atoms. The molecule has 0 saturated heterocycles. The molecule has 33 heavy (non-hydrogen) atoms. The molecule has 4 rings (SSSR count). The second kappa shape index (κ2) is 10.4. The molecular weight excluding hydrogens is 420 g/mol. The number of benzene rings is 2. The quantitative estimate of drug-likeness (QED) is 0.475. The molecule has 3 aromatic rings. The summed E-state index contributed by atoms with van der Waals surface area (Å²) in [6.45, 7) is 0.396. The molecule has 172 valence electrons. The lowest BCUT2D eigenvalue weighted by Gasteiger charge is -2.22. The second-order valence-corrected chi connectivity index (χ2v) is 8.03. The lowest BCUT2D eigenvalue weighted by atomic mass is 9.97. The monoisotopic (exact) mass is 448 g/mol. The van der Waals surface area contributed by atoms with Crippen LogP contribution in [0.3, 0.4) is 0 Å². The number of ether oxygens (including phenoxy) is 3. The van der Waals surface area contributed by atoms with Crippen molar-refractivity contribution in [3.63, 3.8) is 0 Å². The maximum absolute atomic E-state index is 12.9. The van der Waals surface area contributed by atoms with Crippen molar-refractivity contribution in [3.05, 3.63) is 71.4 Å². The Kier molecular flexibility index (Phi) is 7.19. The van der Waals surface area contributed by atoms with Crippen molar-refractivity contribution < 1.29 is 23.8 Å². The van der Waals surface area contributed by atoms with E-state index in [1.807, 2.05) is 54.6 Å². The van der Waals surface area contributed by atoms with Gasteiger partial charge in [-0.05, 0) is 30.5 Å². The number of para-hydroxylation sites is 1. The second-order valence-electron chi connectivity index (χ2n) is 8.03. The Morgan fingerprint density at radius 2 is 1.58 bits per heavy atom. The fraction of sp³-hybridized carbons (Fsp3) is 0.346. The number of carbonyl (C=O) groups is 2. The van der Waals surface area contributed by atoms with Crippen LogP contribution < -0.4 is 0 Å². The van der Waals surface area contributed by atoms with Gasteiger partial charge in [-0.3, -0.25) is 0 Å². The number of aromatic nitrogens is 2. The normalized spacial score (nSPS) is 14.1. The molecule has 0 amide bonds. The fourth-order valence-corrected chi connectivity index (χ4v) is 4.26. The first-order valence-corrected chi connectivity index (χ1v) is 11.2. The molecule has 0 unspecified atom stereocenters. The van der Waals surface area contributed by atoms with E-state index in [9.17, 15) is 9.59 Å². The summed E-state index contributed by atoms with van der Waals surface area (Å²) in [4.78, 5) is 25.7. The first-order valence-electron chi connectivity index (χ1n) is 11.2. The molecule has 1 aromatic heterocycles. The van der Waals surface area contributed by atoms with E-state index in [2.05, 4.69) is 0 Å². The van der Waals surface area contributed by atoms with Gasteiger partial charge in [0.25, 0.3) is 0 Å². The van der Waals surface area contributed by atoms with Crippen molar-refractivity contribution in [2.75, 3.05) is 14.2 Å². The van der Waals surface area contributed by atoms with Gasteiger partial charge in [0.1, 0.15) is 11.3 Å². The zero-order valence-corrected chi connectivity index (χ0v) is 19.0. The number of hydrogen-bond donors (Lipinski definition) is 0. The van der Waals surface area contributed by atoms with Crippen LogP contribution in [0, 0.1) is 0 Å². The lowest BCUT2D eigenvalue weighted by molar-refractivity contribution is 0.0170. The predicted molar refractivity (Wildman–Crippen MR) is 123 cm³/mol. The highest BCUT2D eigenvalue weighted by Crippen LogP contribution is 2.32. The van der Waals surface area contributed by atoms with Crippen molar-refractivity contribution in [1.82, 2.24) is 9.78 Å². The minimum Gasteiger partial charge on any atom is -0.465 e. The van der Waals surface area contributed by atoms with Crippen LogP contribution in [0.5, 0.6) is 0 Å². The average molecular weight is 449 g/mol. The van der Waals surface area contributed by atoms with E-state index in [4.69, 9.17) is 19.3 Å². The molecule has 1 saturated carbocycles. The van der Waals surface area contributed by atoms with Crippen molar-refractivity contribution >= 4 is 11.9 Å². The van der Waals surface area contributed by atoms with E-state index in [-0.39, 0.29) is 17.4 Å². The molecule has 0 N–H and O–H groups in total. The molecule has 7 heteroatoms. The van der Waals surface area contributed by atoms with Crippen LogP contribution in [0.2, 0.25) is 0 Å².